The number of aromatic nitrogens is 2. The van der Waals surface area contributed by atoms with E-state index in [0.29, 0.717) is 12.1 Å². The Morgan fingerprint density at radius 1 is 1.19 bits per heavy atom. The van der Waals surface area contributed by atoms with Crippen LogP contribution in [0.3, 0.4) is 0 Å². The number of carbonyl (C=O) groups is 3. The number of nitrogens with zero attached hydrogens (tertiary/aromatic N) is 2. The predicted octanol–water partition coefficient (Wildman–Crippen LogP) is 1.88. The molecule has 138 valence electrons. The number of ether oxygens (including phenoxy) is 1. The smallest absolute Gasteiger partial charge is 0.338 e. The molecule has 0 fully saturated rings. The first-order valence-corrected chi connectivity index (χ1v) is 8.25. The van der Waals surface area contributed by atoms with Gasteiger partial charge in [-0.05, 0) is 58.0 Å². The quantitative estimate of drug-likeness (QED) is 0.795. The molecular weight excluding hydrogens is 336 g/mol. The number of urea groups is 1. The molecule has 1 aromatic heterocycles. The minimum absolute atomic E-state index is 0.299. The molecule has 8 heteroatoms. The van der Waals surface area contributed by atoms with Gasteiger partial charge in [0.2, 0.25) is 0 Å². The summed E-state index contributed by atoms with van der Waals surface area (Å²) < 4.78 is 6.87. The van der Waals surface area contributed by atoms with Crippen LogP contribution in [0.15, 0.2) is 30.3 Å². The van der Waals surface area contributed by atoms with Crippen LogP contribution < -0.4 is 10.6 Å². The lowest BCUT2D eigenvalue weighted by molar-refractivity contribution is -0.127. The van der Waals surface area contributed by atoms with Gasteiger partial charge in [-0.2, -0.15) is 5.10 Å². The molecule has 0 saturated heterocycles. The molecule has 8 nitrogen and oxygen atoms in total. The molecule has 0 aliphatic carbocycles. The number of carbonyl (C=O) groups excluding carboxylic acids is 3. The molecule has 0 aliphatic rings. The Kier molecular flexibility index (Phi) is 6.11. The predicted molar refractivity (Wildman–Crippen MR) is 95.1 cm³/mol. The van der Waals surface area contributed by atoms with Gasteiger partial charge in [-0.15, -0.1) is 0 Å². The summed E-state index contributed by atoms with van der Waals surface area (Å²) in [6.45, 7) is 7.36. The fourth-order valence-corrected chi connectivity index (χ4v) is 2.33. The van der Waals surface area contributed by atoms with E-state index < -0.39 is 24.0 Å². The van der Waals surface area contributed by atoms with Gasteiger partial charge < -0.3 is 10.1 Å². The van der Waals surface area contributed by atoms with Crippen LogP contribution >= 0.6 is 0 Å². The molecule has 0 aliphatic heterocycles. The molecule has 0 unspecified atom stereocenters. The first-order valence-electron chi connectivity index (χ1n) is 8.25. The van der Waals surface area contributed by atoms with Crippen LogP contribution in [0.5, 0.6) is 0 Å². The summed E-state index contributed by atoms with van der Waals surface area (Å²) in [6.07, 6.45) is -1.10. The second-order valence-corrected chi connectivity index (χ2v) is 5.78. The summed E-state index contributed by atoms with van der Waals surface area (Å²) in [6, 6.07) is 8.02. The van der Waals surface area contributed by atoms with Crippen LogP contribution in [0.4, 0.5) is 4.79 Å². The third-order valence-electron chi connectivity index (χ3n) is 3.58. The Hall–Kier alpha value is -3.16. The highest BCUT2D eigenvalue weighted by Gasteiger charge is 2.20. The number of imide groups is 1. The van der Waals surface area contributed by atoms with Crippen molar-refractivity contribution in [2.75, 3.05) is 6.54 Å². The van der Waals surface area contributed by atoms with Gasteiger partial charge in [-0.25, -0.2) is 14.3 Å². The molecule has 0 spiro atoms. The van der Waals surface area contributed by atoms with E-state index in [1.54, 1.807) is 35.9 Å². The summed E-state index contributed by atoms with van der Waals surface area (Å²) >= 11 is 0. The molecule has 0 saturated carbocycles. The molecule has 0 radical (unpaired) electrons. The lowest BCUT2D eigenvalue weighted by atomic mass is 10.2. The summed E-state index contributed by atoms with van der Waals surface area (Å²) in [7, 11) is 0. The molecule has 2 rings (SSSR count). The van der Waals surface area contributed by atoms with Gasteiger partial charge in [0, 0.05) is 12.2 Å². The van der Waals surface area contributed by atoms with Crippen molar-refractivity contribution in [3.8, 4) is 5.69 Å². The van der Waals surface area contributed by atoms with Gasteiger partial charge in [0.25, 0.3) is 5.91 Å². The average molecular weight is 358 g/mol. The van der Waals surface area contributed by atoms with Gasteiger partial charge in [0.1, 0.15) is 0 Å². The fourth-order valence-electron chi connectivity index (χ4n) is 2.33. The zero-order chi connectivity index (χ0) is 19.3. The van der Waals surface area contributed by atoms with Gasteiger partial charge in [-0.1, -0.05) is 0 Å². The lowest BCUT2D eigenvalue weighted by Gasteiger charge is -2.13. The van der Waals surface area contributed by atoms with Gasteiger partial charge >= 0.3 is 12.0 Å². The van der Waals surface area contributed by atoms with Crippen molar-refractivity contribution in [1.82, 2.24) is 20.4 Å². The van der Waals surface area contributed by atoms with Crippen LogP contribution in [0.25, 0.3) is 5.69 Å². The molecular formula is C18H22N4O4. The van der Waals surface area contributed by atoms with Crippen molar-refractivity contribution in [3.63, 3.8) is 0 Å². The van der Waals surface area contributed by atoms with E-state index in [9.17, 15) is 14.4 Å². The van der Waals surface area contributed by atoms with Crippen LogP contribution in [-0.4, -0.2) is 40.3 Å². The molecule has 1 heterocycles. The summed E-state index contributed by atoms with van der Waals surface area (Å²) in [5.41, 5.74) is 2.99. The molecule has 1 aromatic carbocycles. The number of aryl methyl sites for hydroxylation is 2. The van der Waals surface area contributed by atoms with Crippen LogP contribution in [-0.2, 0) is 9.53 Å². The Morgan fingerprint density at radius 2 is 1.85 bits per heavy atom. The SMILES string of the molecule is CCNC(=O)NC(=O)[C@H](C)OC(=O)c1ccc(-n2nc(C)cc2C)cc1. The van der Waals surface area contributed by atoms with Gasteiger partial charge in [-0.3, -0.25) is 10.1 Å². The zero-order valence-electron chi connectivity index (χ0n) is 15.2. The highest BCUT2D eigenvalue weighted by atomic mass is 16.5. The van der Waals surface area contributed by atoms with E-state index in [1.165, 1.54) is 6.92 Å². The summed E-state index contributed by atoms with van der Waals surface area (Å²) in [4.78, 5) is 35.3. The van der Waals surface area contributed by atoms with Crippen molar-refractivity contribution in [1.29, 1.82) is 0 Å². The number of amides is 3. The molecule has 0 bridgehead atoms. The Morgan fingerprint density at radius 3 is 2.38 bits per heavy atom. The van der Waals surface area contributed by atoms with E-state index >= 15 is 0 Å². The van der Waals surface area contributed by atoms with E-state index in [1.807, 2.05) is 19.9 Å². The van der Waals surface area contributed by atoms with Crippen molar-refractivity contribution in [2.24, 2.45) is 0 Å². The average Bonchev–Trinajstić information content (AvgIpc) is 2.93. The van der Waals surface area contributed by atoms with Crippen molar-refractivity contribution < 1.29 is 19.1 Å². The number of hydrogen-bond donors (Lipinski definition) is 2. The third-order valence-corrected chi connectivity index (χ3v) is 3.58. The van der Waals surface area contributed by atoms with Crippen LogP contribution in [0, 0.1) is 13.8 Å². The van der Waals surface area contributed by atoms with E-state index in [4.69, 9.17) is 4.74 Å². The Bertz CT molecular complexity index is 811. The maximum Gasteiger partial charge on any atom is 0.338 e. The third kappa shape index (κ3) is 4.69. The number of esters is 1. The normalized spacial score (nSPS) is 11.5. The lowest BCUT2D eigenvalue weighted by Crippen LogP contribution is -2.44. The molecule has 3 amide bonds. The molecule has 2 N–H and O–H groups in total. The fraction of sp³-hybridized carbons (Fsp3) is 0.333. The van der Waals surface area contributed by atoms with E-state index in [0.717, 1.165) is 17.1 Å². The van der Waals surface area contributed by atoms with Crippen molar-refractivity contribution >= 4 is 17.9 Å². The van der Waals surface area contributed by atoms with E-state index in [-0.39, 0.29) is 0 Å². The number of nitrogens with one attached hydrogen (secondary N) is 2. The maximum atomic E-state index is 12.2. The minimum Gasteiger partial charge on any atom is -0.449 e. The summed E-state index contributed by atoms with van der Waals surface area (Å²) in [5, 5.41) is 8.90. The molecule has 26 heavy (non-hydrogen) atoms. The summed E-state index contributed by atoms with van der Waals surface area (Å²) in [5.74, 6) is -1.34. The topological polar surface area (TPSA) is 102 Å². The highest BCUT2D eigenvalue weighted by Crippen LogP contribution is 2.14. The highest BCUT2D eigenvalue weighted by molar-refractivity contribution is 5.98. The minimum atomic E-state index is -1.10. The number of rotatable bonds is 5. The van der Waals surface area contributed by atoms with Crippen LogP contribution in [0.2, 0.25) is 0 Å². The van der Waals surface area contributed by atoms with Crippen molar-refractivity contribution in [3.05, 3.63) is 47.3 Å². The number of benzene rings is 1. The second kappa shape index (κ2) is 8.28. The van der Waals surface area contributed by atoms with E-state index in [2.05, 4.69) is 15.7 Å². The zero-order valence-corrected chi connectivity index (χ0v) is 15.2. The first-order chi connectivity index (χ1) is 12.3. The van der Waals surface area contributed by atoms with Gasteiger partial charge in [0.05, 0.1) is 16.9 Å². The standard InChI is InChI=1S/C18H22N4O4/c1-5-19-18(25)20-16(23)13(4)26-17(24)14-6-8-15(9-7-14)22-12(3)10-11(2)21-22/h6-10,13H,5H2,1-4H3,(H2,19,20,23,25)/t13-/m0/s1. The molecule has 2 aromatic rings. The maximum absolute atomic E-state index is 12.2. The Labute approximate surface area is 151 Å². The Balaban J connectivity index is 2.00. The van der Waals surface area contributed by atoms with Gasteiger partial charge in [0.15, 0.2) is 6.10 Å². The molecule has 1 atom stereocenters. The van der Waals surface area contributed by atoms with Crippen LogP contribution in [0.1, 0.15) is 35.6 Å². The monoisotopic (exact) mass is 358 g/mol. The second-order valence-electron chi connectivity index (χ2n) is 5.78. The van der Waals surface area contributed by atoms with Crippen molar-refractivity contribution in [2.45, 2.75) is 33.8 Å². The largest absolute Gasteiger partial charge is 0.449 e. The number of hydrogen-bond acceptors (Lipinski definition) is 5. The first kappa shape index (κ1) is 19.2.